The summed E-state index contributed by atoms with van der Waals surface area (Å²) in [5.41, 5.74) is 5.63. The zero-order valence-electron chi connectivity index (χ0n) is 7.74. The molecule has 6 heteroatoms. The number of carbonyl (C=O) groups excluding carboxylic acids is 1. The minimum absolute atomic E-state index is 0.150. The highest BCUT2D eigenvalue weighted by Gasteiger charge is 2.18. The molecule has 1 heterocycles. The zero-order chi connectivity index (χ0) is 9.84. The van der Waals surface area contributed by atoms with Crippen LogP contribution < -0.4 is 5.73 Å². The van der Waals surface area contributed by atoms with Gasteiger partial charge in [0.2, 0.25) is 0 Å². The number of aromatic amines is 1. The summed E-state index contributed by atoms with van der Waals surface area (Å²) >= 11 is 0. The molecule has 0 saturated heterocycles. The Morgan fingerprint density at radius 3 is 2.46 bits per heavy atom. The molecule has 6 nitrogen and oxygen atoms in total. The van der Waals surface area contributed by atoms with E-state index in [0.717, 1.165) is 0 Å². The molecule has 3 N–H and O–H groups in total. The lowest BCUT2D eigenvalue weighted by Gasteiger charge is -2.16. The number of hydrogen-bond donors (Lipinski definition) is 2. The minimum atomic E-state index is -0.184. The lowest BCUT2D eigenvalue weighted by molar-refractivity contribution is 0.0768. The van der Waals surface area contributed by atoms with Crippen LogP contribution in [0.5, 0.6) is 0 Å². The van der Waals surface area contributed by atoms with Crippen LogP contribution in [0.4, 0.5) is 5.82 Å². The molecule has 1 amide bonds. The molecule has 72 valence electrons. The number of nitrogen functional groups attached to an aromatic ring is 1. The second-order valence-corrected chi connectivity index (χ2v) is 2.53. The average Bonchev–Trinajstić information content (AvgIpc) is 2.53. The molecular formula is C7H13N5O. The molecule has 0 bridgehead atoms. The Morgan fingerprint density at radius 2 is 2.08 bits per heavy atom. The summed E-state index contributed by atoms with van der Waals surface area (Å²) in [6, 6.07) is 0. The van der Waals surface area contributed by atoms with Gasteiger partial charge < -0.3 is 10.6 Å². The zero-order valence-corrected chi connectivity index (χ0v) is 7.74. The molecule has 0 aliphatic carbocycles. The molecule has 0 aromatic carbocycles. The van der Waals surface area contributed by atoms with Gasteiger partial charge in [-0.25, -0.2) is 0 Å². The maximum absolute atomic E-state index is 11.6. The largest absolute Gasteiger partial charge is 0.380 e. The van der Waals surface area contributed by atoms with Gasteiger partial charge in [-0.15, -0.1) is 10.2 Å². The Morgan fingerprint density at radius 1 is 1.46 bits per heavy atom. The fraction of sp³-hybridized carbons (Fsp3) is 0.571. The third kappa shape index (κ3) is 1.77. The SMILES string of the molecule is CCN(CC)C(=O)c1n[nH]nc1N. The van der Waals surface area contributed by atoms with E-state index in [-0.39, 0.29) is 17.4 Å². The van der Waals surface area contributed by atoms with Crippen molar-refractivity contribution in [3.63, 3.8) is 0 Å². The molecular weight excluding hydrogens is 170 g/mol. The standard InChI is InChI=1S/C7H13N5O/c1-3-12(4-2)7(13)5-6(8)10-11-9-5/h3-4H2,1-2H3,(H3,8,9,10,11). The van der Waals surface area contributed by atoms with Gasteiger partial charge in [0.15, 0.2) is 11.5 Å². The Kier molecular flexibility index (Phi) is 2.84. The fourth-order valence-electron chi connectivity index (χ4n) is 1.06. The van der Waals surface area contributed by atoms with Gasteiger partial charge in [-0.3, -0.25) is 4.79 Å². The number of amides is 1. The van der Waals surface area contributed by atoms with Crippen LogP contribution in [0.1, 0.15) is 24.3 Å². The predicted octanol–water partition coefficient (Wildman–Crippen LogP) is -0.131. The Labute approximate surface area is 76.1 Å². The van der Waals surface area contributed by atoms with E-state index in [1.54, 1.807) is 4.90 Å². The summed E-state index contributed by atoms with van der Waals surface area (Å²) in [5, 5.41) is 9.57. The van der Waals surface area contributed by atoms with Crippen molar-refractivity contribution in [1.29, 1.82) is 0 Å². The average molecular weight is 183 g/mol. The number of carbonyl (C=O) groups is 1. The van der Waals surface area contributed by atoms with Crippen molar-refractivity contribution in [2.24, 2.45) is 0 Å². The summed E-state index contributed by atoms with van der Waals surface area (Å²) in [6.45, 7) is 5.08. The maximum Gasteiger partial charge on any atom is 0.278 e. The van der Waals surface area contributed by atoms with Crippen LogP contribution in [0.3, 0.4) is 0 Å². The van der Waals surface area contributed by atoms with E-state index in [2.05, 4.69) is 15.4 Å². The summed E-state index contributed by atoms with van der Waals surface area (Å²) in [7, 11) is 0. The van der Waals surface area contributed by atoms with Crippen LogP contribution in [0.15, 0.2) is 0 Å². The van der Waals surface area contributed by atoms with Crippen LogP contribution in [-0.2, 0) is 0 Å². The van der Waals surface area contributed by atoms with Gasteiger partial charge in [0, 0.05) is 13.1 Å². The van der Waals surface area contributed by atoms with Gasteiger partial charge in [0.25, 0.3) is 5.91 Å². The molecule has 1 aromatic heterocycles. The van der Waals surface area contributed by atoms with E-state index >= 15 is 0 Å². The number of anilines is 1. The van der Waals surface area contributed by atoms with E-state index in [1.165, 1.54) is 0 Å². The number of nitrogens with one attached hydrogen (secondary N) is 1. The van der Waals surface area contributed by atoms with Crippen molar-refractivity contribution in [3.05, 3.63) is 5.69 Å². The normalized spacial score (nSPS) is 10.0. The molecule has 0 radical (unpaired) electrons. The third-order valence-electron chi connectivity index (χ3n) is 1.83. The van der Waals surface area contributed by atoms with Crippen LogP contribution in [-0.4, -0.2) is 39.3 Å². The second-order valence-electron chi connectivity index (χ2n) is 2.53. The summed E-state index contributed by atoms with van der Waals surface area (Å²) in [4.78, 5) is 13.2. The first-order valence-electron chi connectivity index (χ1n) is 4.16. The van der Waals surface area contributed by atoms with Crippen LogP contribution in [0, 0.1) is 0 Å². The maximum atomic E-state index is 11.6. The Balaban J connectivity index is 2.84. The fourth-order valence-corrected chi connectivity index (χ4v) is 1.06. The number of nitrogens with zero attached hydrogens (tertiary/aromatic N) is 3. The molecule has 0 unspecified atom stereocenters. The highest BCUT2D eigenvalue weighted by atomic mass is 16.2. The molecule has 0 aliphatic rings. The molecule has 0 spiro atoms. The quantitative estimate of drug-likeness (QED) is 0.683. The van der Waals surface area contributed by atoms with Crippen molar-refractivity contribution in [3.8, 4) is 0 Å². The van der Waals surface area contributed by atoms with Gasteiger partial charge in [-0.2, -0.15) is 5.21 Å². The first kappa shape index (κ1) is 9.50. The third-order valence-corrected chi connectivity index (χ3v) is 1.83. The number of rotatable bonds is 3. The van der Waals surface area contributed by atoms with Crippen molar-refractivity contribution < 1.29 is 4.79 Å². The lowest BCUT2D eigenvalue weighted by Crippen LogP contribution is -2.31. The summed E-state index contributed by atoms with van der Waals surface area (Å²) in [5.74, 6) is -0.0341. The first-order valence-corrected chi connectivity index (χ1v) is 4.16. The van der Waals surface area contributed by atoms with E-state index in [4.69, 9.17) is 5.73 Å². The topological polar surface area (TPSA) is 87.9 Å². The van der Waals surface area contributed by atoms with Crippen LogP contribution in [0.25, 0.3) is 0 Å². The molecule has 1 aromatic rings. The molecule has 0 atom stereocenters. The summed E-state index contributed by atoms with van der Waals surface area (Å²) in [6.07, 6.45) is 0. The highest BCUT2D eigenvalue weighted by molar-refractivity contribution is 5.96. The van der Waals surface area contributed by atoms with Crippen LogP contribution in [0.2, 0.25) is 0 Å². The van der Waals surface area contributed by atoms with Crippen molar-refractivity contribution in [2.45, 2.75) is 13.8 Å². The molecule has 1 rings (SSSR count). The number of hydrogen-bond acceptors (Lipinski definition) is 4. The minimum Gasteiger partial charge on any atom is -0.380 e. The van der Waals surface area contributed by atoms with E-state index in [1.807, 2.05) is 13.8 Å². The monoisotopic (exact) mass is 183 g/mol. The van der Waals surface area contributed by atoms with Gasteiger partial charge in [0.05, 0.1) is 0 Å². The van der Waals surface area contributed by atoms with Gasteiger partial charge in [-0.05, 0) is 13.8 Å². The lowest BCUT2D eigenvalue weighted by atomic mass is 10.3. The first-order chi connectivity index (χ1) is 6.20. The molecule has 0 saturated carbocycles. The molecule has 13 heavy (non-hydrogen) atoms. The van der Waals surface area contributed by atoms with Gasteiger partial charge in [0.1, 0.15) is 0 Å². The Bertz CT molecular complexity index is 291. The smallest absolute Gasteiger partial charge is 0.278 e. The Hall–Kier alpha value is -1.59. The van der Waals surface area contributed by atoms with E-state index in [9.17, 15) is 4.79 Å². The summed E-state index contributed by atoms with van der Waals surface area (Å²) < 4.78 is 0. The van der Waals surface area contributed by atoms with Gasteiger partial charge in [-0.1, -0.05) is 0 Å². The number of nitrogens with two attached hydrogens (primary N) is 1. The number of aromatic nitrogens is 3. The van der Waals surface area contributed by atoms with Crippen LogP contribution >= 0.6 is 0 Å². The predicted molar refractivity (Wildman–Crippen MR) is 48.0 cm³/mol. The van der Waals surface area contributed by atoms with Crippen molar-refractivity contribution in [1.82, 2.24) is 20.3 Å². The van der Waals surface area contributed by atoms with Crippen molar-refractivity contribution >= 4 is 11.7 Å². The van der Waals surface area contributed by atoms with Gasteiger partial charge >= 0.3 is 0 Å². The molecule has 0 aliphatic heterocycles. The molecule has 0 fully saturated rings. The van der Waals surface area contributed by atoms with E-state index in [0.29, 0.717) is 13.1 Å². The van der Waals surface area contributed by atoms with E-state index < -0.39 is 0 Å². The van der Waals surface area contributed by atoms with Crippen molar-refractivity contribution in [2.75, 3.05) is 18.8 Å². The second kappa shape index (κ2) is 3.88. The number of H-pyrrole nitrogens is 1. The highest BCUT2D eigenvalue weighted by Crippen LogP contribution is 2.06.